The number of pyridine rings is 1. The highest BCUT2D eigenvalue weighted by atomic mass is 31.1. The molecule has 0 atom stereocenters. The number of nitrogen functional groups attached to an aromatic ring is 1. The van der Waals surface area contributed by atoms with Gasteiger partial charge in [-0.05, 0) is 37.5 Å². The number of nitrogens with one attached hydrogen (secondary N) is 3. The van der Waals surface area contributed by atoms with E-state index in [-0.39, 0.29) is 37.0 Å². The lowest BCUT2D eigenvalue weighted by Crippen LogP contribution is -2.23. The van der Waals surface area contributed by atoms with E-state index in [1.54, 1.807) is 13.1 Å². The lowest BCUT2D eigenvalue weighted by Gasteiger charge is -2.18. The molecule has 27 heavy (non-hydrogen) atoms. The third-order valence-electron chi connectivity index (χ3n) is 4.36. The molecule has 2 amide bonds. The summed E-state index contributed by atoms with van der Waals surface area (Å²) in [7, 11) is 1.19. The van der Waals surface area contributed by atoms with Gasteiger partial charge in [0.15, 0.2) is 0 Å². The molecule has 5 N–H and O–H groups in total. The summed E-state index contributed by atoms with van der Waals surface area (Å²) >= 11 is 0. The van der Waals surface area contributed by atoms with E-state index in [0.717, 1.165) is 18.5 Å². The predicted octanol–water partition coefficient (Wildman–Crippen LogP) is 2.48. The smallest absolute Gasteiger partial charge is 0.256 e. The van der Waals surface area contributed by atoms with Gasteiger partial charge in [0.1, 0.15) is 17.2 Å². The first-order valence-corrected chi connectivity index (χ1v) is 11.0. The van der Waals surface area contributed by atoms with Gasteiger partial charge in [-0.2, -0.15) is 0 Å². The molecule has 8 heteroatoms. The first-order chi connectivity index (χ1) is 12.9. The molecule has 3 rings (SSSR count). The van der Waals surface area contributed by atoms with Crippen molar-refractivity contribution in [2.45, 2.75) is 12.8 Å². The molecule has 1 heterocycles. The van der Waals surface area contributed by atoms with Crippen LogP contribution in [0.3, 0.4) is 0 Å². The highest BCUT2D eigenvalue weighted by Crippen LogP contribution is 2.33. The number of hydrogen-bond acceptors (Lipinski definition) is 5. The van der Waals surface area contributed by atoms with Crippen molar-refractivity contribution in [2.24, 2.45) is 5.92 Å². The normalized spacial score (nSPS) is 13.3. The summed E-state index contributed by atoms with van der Waals surface area (Å²) in [6, 6.07) is 9.61. The average molecular weight is 385 g/mol. The minimum Gasteiger partial charge on any atom is -0.383 e. The van der Waals surface area contributed by atoms with Crippen molar-refractivity contribution >= 4 is 48.1 Å². The Morgan fingerprint density at radius 1 is 1.19 bits per heavy atom. The Bertz CT molecular complexity index is 880. The molecule has 1 fully saturated rings. The minimum atomic E-state index is -0.350. The Labute approximate surface area is 159 Å². The lowest BCUT2D eigenvalue weighted by molar-refractivity contribution is -0.117. The quantitative estimate of drug-likeness (QED) is 0.571. The average Bonchev–Trinajstić information content (AvgIpc) is 3.46. The molecule has 0 unspecified atom stereocenters. The zero-order valence-corrected chi connectivity index (χ0v) is 16.6. The molecular weight excluding hydrogens is 361 g/mol. The third-order valence-corrected chi connectivity index (χ3v) is 5.71. The standard InChI is InChI=1S/C19H24N5O2P/c1-21-19(26)16-13(22-12-6-4-5-7-14(12)27(2)3)10-15(23-17(16)20)24-18(25)11-8-9-11/h4-7,10-11H,8-9H2,1-3H3,(H,21,26)(H4,20,22,23,24,25). The van der Waals surface area contributed by atoms with Crippen LogP contribution in [0.4, 0.5) is 23.0 Å². The van der Waals surface area contributed by atoms with Gasteiger partial charge >= 0.3 is 0 Å². The van der Waals surface area contributed by atoms with Crippen LogP contribution in [-0.2, 0) is 4.79 Å². The maximum absolute atomic E-state index is 12.4. The summed E-state index contributed by atoms with van der Waals surface area (Å²) < 4.78 is 0. The van der Waals surface area contributed by atoms with Crippen LogP contribution in [0.15, 0.2) is 30.3 Å². The second-order valence-corrected chi connectivity index (χ2v) is 8.97. The van der Waals surface area contributed by atoms with Crippen LogP contribution in [0.5, 0.6) is 0 Å². The van der Waals surface area contributed by atoms with Crippen molar-refractivity contribution in [3.05, 3.63) is 35.9 Å². The van der Waals surface area contributed by atoms with E-state index in [1.165, 1.54) is 5.30 Å². The van der Waals surface area contributed by atoms with Crippen LogP contribution in [0.25, 0.3) is 0 Å². The molecule has 1 aromatic carbocycles. The molecule has 0 spiro atoms. The van der Waals surface area contributed by atoms with E-state index in [0.29, 0.717) is 11.5 Å². The van der Waals surface area contributed by atoms with Crippen LogP contribution < -0.4 is 27.0 Å². The van der Waals surface area contributed by atoms with Crippen LogP contribution in [0.2, 0.25) is 0 Å². The Morgan fingerprint density at radius 2 is 1.89 bits per heavy atom. The van der Waals surface area contributed by atoms with Crippen LogP contribution >= 0.6 is 7.92 Å². The molecule has 0 radical (unpaired) electrons. The number of carbonyl (C=O) groups excluding carboxylic acids is 2. The van der Waals surface area contributed by atoms with Crippen molar-refractivity contribution < 1.29 is 9.59 Å². The summed E-state index contributed by atoms with van der Waals surface area (Å²) in [5.74, 6) is 0.0555. The Hall–Kier alpha value is -2.66. The van der Waals surface area contributed by atoms with Gasteiger partial charge in [0.25, 0.3) is 5.91 Å². The molecule has 2 aromatic rings. The molecular formula is C19H24N5O2P. The van der Waals surface area contributed by atoms with Crippen molar-refractivity contribution in [1.82, 2.24) is 10.3 Å². The first kappa shape index (κ1) is 19.1. The van der Waals surface area contributed by atoms with Gasteiger partial charge in [-0.25, -0.2) is 4.98 Å². The number of nitrogens with zero attached hydrogens (tertiary/aromatic N) is 1. The Balaban J connectivity index is 2.01. The van der Waals surface area contributed by atoms with Crippen molar-refractivity contribution in [3.63, 3.8) is 0 Å². The number of nitrogens with two attached hydrogens (primary N) is 1. The van der Waals surface area contributed by atoms with Gasteiger partial charge in [-0.15, -0.1) is 0 Å². The summed E-state index contributed by atoms with van der Waals surface area (Å²) in [6.45, 7) is 4.33. The van der Waals surface area contributed by atoms with E-state index >= 15 is 0 Å². The second-order valence-electron chi connectivity index (χ2n) is 6.69. The van der Waals surface area contributed by atoms with Gasteiger partial charge < -0.3 is 21.7 Å². The SMILES string of the molecule is CNC(=O)c1c(Nc2ccccc2P(C)C)cc(NC(=O)C2CC2)nc1N. The van der Waals surface area contributed by atoms with E-state index in [1.807, 2.05) is 18.2 Å². The predicted molar refractivity (Wildman–Crippen MR) is 112 cm³/mol. The number of carbonyl (C=O) groups is 2. The maximum atomic E-state index is 12.4. The van der Waals surface area contributed by atoms with E-state index in [9.17, 15) is 9.59 Å². The van der Waals surface area contributed by atoms with E-state index in [2.05, 4.69) is 40.3 Å². The number of amides is 2. The topological polar surface area (TPSA) is 109 Å². The Morgan fingerprint density at radius 3 is 2.52 bits per heavy atom. The number of rotatable bonds is 6. The zero-order valence-electron chi connectivity index (χ0n) is 15.7. The highest BCUT2D eigenvalue weighted by Gasteiger charge is 2.30. The summed E-state index contributed by atoms with van der Waals surface area (Å²) in [5.41, 5.74) is 7.73. The van der Waals surface area contributed by atoms with Gasteiger partial charge in [0, 0.05) is 24.7 Å². The lowest BCUT2D eigenvalue weighted by atomic mass is 10.1. The van der Waals surface area contributed by atoms with Gasteiger partial charge in [-0.3, -0.25) is 9.59 Å². The first-order valence-electron chi connectivity index (χ1n) is 8.77. The summed E-state index contributed by atoms with van der Waals surface area (Å²) in [6.07, 6.45) is 1.79. The molecule has 1 aromatic heterocycles. The second kappa shape index (κ2) is 7.92. The number of aromatic nitrogens is 1. The molecule has 1 saturated carbocycles. The molecule has 1 aliphatic rings. The monoisotopic (exact) mass is 385 g/mol. The molecule has 142 valence electrons. The van der Waals surface area contributed by atoms with Crippen molar-refractivity contribution in [1.29, 1.82) is 0 Å². The highest BCUT2D eigenvalue weighted by molar-refractivity contribution is 7.64. The van der Waals surface area contributed by atoms with E-state index < -0.39 is 0 Å². The van der Waals surface area contributed by atoms with Gasteiger partial charge in [0.2, 0.25) is 5.91 Å². The van der Waals surface area contributed by atoms with Crippen LogP contribution in [0, 0.1) is 5.92 Å². The fourth-order valence-electron chi connectivity index (χ4n) is 2.78. The number of benzene rings is 1. The Kier molecular flexibility index (Phi) is 5.61. The largest absolute Gasteiger partial charge is 0.383 e. The number of hydrogen-bond donors (Lipinski definition) is 4. The molecule has 7 nitrogen and oxygen atoms in total. The molecule has 1 aliphatic carbocycles. The fourth-order valence-corrected chi connectivity index (χ4v) is 3.78. The molecule has 0 saturated heterocycles. The van der Waals surface area contributed by atoms with E-state index in [4.69, 9.17) is 5.73 Å². The van der Waals surface area contributed by atoms with Crippen molar-refractivity contribution in [3.8, 4) is 0 Å². The third kappa shape index (κ3) is 4.37. The maximum Gasteiger partial charge on any atom is 0.256 e. The van der Waals surface area contributed by atoms with Crippen molar-refractivity contribution in [2.75, 3.05) is 36.7 Å². The van der Waals surface area contributed by atoms with Crippen LogP contribution in [-0.4, -0.2) is 37.2 Å². The number of anilines is 4. The van der Waals surface area contributed by atoms with Gasteiger partial charge in [-0.1, -0.05) is 26.1 Å². The molecule has 0 bridgehead atoms. The van der Waals surface area contributed by atoms with Gasteiger partial charge in [0.05, 0.1) is 5.69 Å². The molecule has 0 aliphatic heterocycles. The number of para-hydroxylation sites is 1. The summed E-state index contributed by atoms with van der Waals surface area (Å²) in [5, 5.41) is 9.88. The summed E-state index contributed by atoms with van der Waals surface area (Å²) in [4.78, 5) is 28.6. The minimum absolute atomic E-state index is 0.0486. The zero-order chi connectivity index (χ0) is 19.6. The fraction of sp³-hybridized carbons (Fsp3) is 0.316. The van der Waals surface area contributed by atoms with Crippen LogP contribution in [0.1, 0.15) is 23.2 Å².